The topological polar surface area (TPSA) is 78.8 Å². The highest BCUT2D eigenvalue weighted by atomic mass is 16.3. The molecule has 0 fully saturated rings. The number of aliphatic hydroxyl groups excluding tert-OH is 2. The van der Waals surface area contributed by atoms with Crippen LogP contribution in [0.2, 0.25) is 0 Å². The second-order valence-electron chi connectivity index (χ2n) is 6.01. The van der Waals surface area contributed by atoms with Crippen LogP contribution in [0.4, 0.5) is 0 Å². The van der Waals surface area contributed by atoms with Crippen LogP contribution < -0.4 is 5.73 Å². The first-order chi connectivity index (χ1) is 10.7. The molecule has 0 aromatic rings. The minimum Gasteiger partial charge on any atom is -0.494 e. The first-order valence-corrected chi connectivity index (χ1v) is 9.03. The van der Waals surface area contributed by atoms with Gasteiger partial charge in [-0.25, -0.2) is 4.99 Å². The molecule has 0 aliphatic carbocycles. The summed E-state index contributed by atoms with van der Waals surface area (Å²) in [5, 5.41) is 18.1. The van der Waals surface area contributed by atoms with Crippen molar-refractivity contribution < 1.29 is 10.2 Å². The molecule has 0 aliphatic rings. The van der Waals surface area contributed by atoms with Gasteiger partial charge in [0, 0.05) is 0 Å². The maximum atomic E-state index is 9.37. The summed E-state index contributed by atoms with van der Waals surface area (Å²) < 4.78 is 0. The van der Waals surface area contributed by atoms with Gasteiger partial charge in [-0.1, -0.05) is 77.6 Å². The standard InChI is InChI=1S/C18H36N2O2/c1-2-3-4-5-6-7-8-9-10-11-12-13-14-15-18(22)20-16-17(19)21/h15-17,21-22H,2-14,19H2,1H3/b18-15?,20-16+. The van der Waals surface area contributed by atoms with Gasteiger partial charge in [0.05, 0.1) is 6.21 Å². The molecule has 0 aromatic carbocycles. The number of rotatable bonds is 15. The molecular weight excluding hydrogens is 276 g/mol. The Bertz CT molecular complexity index is 289. The number of nitrogens with zero attached hydrogens (tertiary/aromatic N) is 1. The molecule has 4 nitrogen and oxygen atoms in total. The molecule has 22 heavy (non-hydrogen) atoms. The Balaban J connectivity index is 3.25. The maximum Gasteiger partial charge on any atom is 0.206 e. The van der Waals surface area contributed by atoms with Crippen LogP contribution in [0.25, 0.3) is 0 Å². The lowest BCUT2D eigenvalue weighted by Crippen LogP contribution is -2.19. The fourth-order valence-corrected chi connectivity index (χ4v) is 2.42. The average Bonchev–Trinajstić information content (AvgIpc) is 2.49. The first-order valence-electron chi connectivity index (χ1n) is 9.03. The first kappa shape index (κ1) is 21.1. The molecule has 1 unspecified atom stereocenters. The molecular formula is C18H36N2O2. The summed E-state index contributed by atoms with van der Waals surface area (Å²) in [5.74, 6) is -0.0624. The number of aliphatic hydroxyl groups is 2. The molecule has 0 heterocycles. The molecule has 4 heteroatoms. The van der Waals surface area contributed by atoms with E-state index in [0.717, 1.165) is 19.1 Å². The van der Waals surface area contributed by atoms with Gasteiger partial charge < -0.3 is 15.9 Å². The Morgan fingerprint density at radius 3 is 1.82 bits per heavy atom. The fourth-order valence-electron chi connectivity index (χ4n) is 2.42. The minimum absolute atomic E-state index is 0.0624. The summed E-state index contributed by atoms with van der Waals surface area (Å²) in [4.78, 5) is 3.63. The third-order valence-corrected chi connectivity index (χ3v) is 3.74. The van der Waals surface area contributed by atoms with Crippen LogP contribution in [0.5, 0.6) is 0 Å². The van der Waals surface area contributed by atoms with E-state index in [1.54, 1.807) is 6.08 Å². The molecule has 0 aliphatic heterocycles. The van der Waals surface area contributed by atoms with E-state index in [1.165, 1.54) is 70.6 Å². The van der Waals surface area contributed by atoms with Gasteiger partial charge in [0.25, 0.3) is 0 Å². The largest absolute Gasteiger partial charge is 0.494 e. The van der Waals surface area contributed by atoms with Crippen molar-refractivity contribution in [1.82, 2.24) is 0 Å². The minimum atomic E-state index is -1.11. The quantitative estimate of drug-likeness (QED) is 0.175. The van der Waals surface area contributed by atoms with Gasteiger partial charge in [0.2, 0.25) is 5.88 Å². The maximum absolute atomic E-state index is 9.37. The zero-order valence-electron chi connectivity index (χ0n) is 14.3. The molecule has 1 atom stereocenters. The van der Waals surface area contributed by atoms with Crippen LogP contribution in [0.3, 0.4) is 0 Å². The van der Waals surface area contributed by atoms with E-state index >= 15 is 0 Å². The lowest BCUT2D eigenvalue weighted by molar-refractivity contribution is 0.254. The van der Waals surface area contributed by atoms with Crippen LogP contribution in [-0.2, 0) is 0 Å². The molecule has 0 rings (SSSR count). The highest BCUT2D eigenvalue weighted by Gasteiger charge is 1.94. The van der Waals surface area contributed by atoms with E-state index in [-0.39, 0.29) is 5.88 Å². The van der Waals surface area contributed by atoms with Crippen LogP contribution in [-0.4, -0.2) is 22.7 Å². The summed E-state index contributed by atoms with van der Waals surface area (Å²) in [6, 6.07) is 0. The molecule has 0 amide bonds. The van der Waals surface area contributed by atoms with E-state index < -0.39 is 6.23 Å². The monoisotopic (exact) mass is 312 g/mol. The van der Waals surface area contributed by atoms with Crippen LogP contribution in [0, 0.1) is 0 Å². The Morgan fingerprint density at radius 1 is 0.909 bits per heavy atom. The average molecular weight is 312 g/mol. The molecule has 0 aromatic heterocycles. The van der Waals surface area contributed by atoms with Crippen molar-refractivity contribution in [3.05, 3.63) is 12.0 Å². The van der Waals surface area contributed by atoms with Crippen molar-refractivity contribution >= 4 is 6.21 Å². The van der Waals surface area contributed by atoms with Crippen molar-refractivity contribution in [3.63, 3.8) is 0 Å². The van der Waals surface area contributed by atoms with Gasteiger partial charge in [-0.3, -0.25) is 0 Å². The summed E-state index contributed by atoms with van der Waals surface area (Å²) in [6.45, 7) is 2.26. The third-order valence-electron chi connectivity index (χ3n) is 3.74. The number of nitrogens with two attached hydrogens (primary N) is 1. The van der Waals surface area contributed by atoms with Crippen LogP contribution in [0.15, 0.2) is 17.0 Å². The van der Waals surface area contributed by atoms with Crippen LogP contribution >= 0.6 is 0 Å². The number of hydrogen-bond donors (Lipinski definition) is 3. The molecule has 0 bridgehead atoms. The second kappa shape index (κ2) is 16.5. The highest BCUT2D eigenvalue weighted by molar-refractivity contribution is 5.62. The van der Waals surface area contributed by atoms with Crippen molar-refractivity contribution in [2.45, 2.75) is 96.6 Å². The molecule has 0 spiro atoms. The predicted octanol–water partition coefficient (Wildman–Crippen LogP) is 4.82. The normalized spacial score (nSPS) is 13.9. The lowest BCUT2D eigenvalue weighted by Gasteiger charge is -2.02. The van der Waals surface area contributed by atoms with Crippen molar-refractivity contribution in [2.24, 2.45) is 10.7 Å². The fraction of sp³-hybridized carbons (Fsp3) is 0.833. The van der Waals surface area contributed by atoms with Gasteiger partial charge in [0.15, 0.2) is 0 Å². The summed E-state index contributed by atoms with van der Waals surface area (Å²) in [6.07, 6.45) is 18.4. The van der Waals surface area contributed by atoms with Crippen molar-refractivity contribution in [3.8, 4) is 0 Å². The zero-order chi connectivity index (χ0) is 16.5. The Labute approximate surface area is 136 Å². The molecule has 0 saturated heterocycles. The SMILES string of the molecule is CCCCCCCCCCCCCCC=C(O)/N=C/C(N)O. The highest BCUT2D eigenvalue weighted by Crippen LogP contribution is 2.12. The van der Waals surface area contributed by atoms with Gasteiger partial charge in [0.1, 0.15) is 6.23 Å². The summed E-state index contributed by atoms with van der Waals surface area (Å²) >= 11 is 0. The molecule has 4 N–H and O–H groups in total. The van der Waals surface area contributed by atoms with E-state index in [4.69, 9.17) is 10.8 Å². The van der Waals surface area contributed by atoms with Gasteiger partial charge in [-0.05, 0) is 18.9 Å². The summed E-state index contributed by atoms with van der Waals surface area (Å²) in [5.41, 5.74) is 5.08. The molecule has 0 saturated carbocycles. The van der Waals surface area contributed by atoms with E-state index in [2.05, 4.69) is 11.9 Å². The zero-order valence-corrected chi connectivity index (χ0v) is 14.3. The van der Waals surface area contributed by atoms with E-state index in [0.29, 0.717) is 0 Å². The smallest absolute Gasteiger partial charge is 0.206 e. The van der Waals surface area contributed by atoms with E-state index in [9.17, 15) is 5.11 Å². The van der Waals surface area contributed by atoms with Crippen LogP contribution in [0.1, 0.15) is 90.4 Å². The van der Waals surface area contributed by atoms with Crippen molar-refractivity contribution in [2.75, 3.05) is 0 Å². The Hall–Kier alpha value is -0.870. The summed E-state index contributed by atoms with van der Waals surface area (Å²) in [7, 11) is 0. The van der Waals surface area contributed by atoms with Gasteiger partial charge >= 0.3 is 0 Å². The number of unbranched alkanes of at least 4 members (excludes halogenated alkanes) is 12. The number of aliphatic imine (C=N–C) groups is 1. The van der Waals surface area contributed by atoms with Gasteiger partial charge in [-0.2, -0.15) is 0 Å². The Kier molecular flexibility index (Phi) is 15.8. The molecule has 0 radical (unpaired) electrons. The number of hydrogen-bond acceptors (Lipinski definition) is 4. The molecule has 130 valence electrons. The van der Waals surface area contributed by atoms with Crippen molar-refractivity contribution in [1.29, 1.82) is 0 Å². The second-order valence-corrected chi connectivity index (χ2v) is 6.01. The van der Waals surface area contributed by atoms with E-state index in [1.807, 2.05) is 0 Å². The number of allylic oxidation sites excluding steroid dienone is 1. The van der Waals surface area contributed by atoms with Gasteiger partial charge in [-0.15, -0.1) is 0 Å². The predicted molar refractivity (Wildman–Crippen MR) is 95.1 cm³/mol. The third kappa shape index (κ3) is 17.2. The Morgan fingerprint density at radius 2 is 1.36 bits per heavy atom. The lowest BCUT2D eigenvalue weighted by atomic mass is 10.0.